The van der Waals surface area contributed by atoms with Crippen molar-refractivity contribution in [2.45, 2.75) is 58.8 Å². The van der Waals surface area contributed by atoms with Gasteiger partial charge in [-0.3, -0.25) is 9.98 Å². The molecule has 0 radical (unpaired) electrons. The first-order valence-electron chi connectivity index (χ1n) is 10.5. The lowest BCUT2D eigenvalue weighted by molar-refractivity contribution is 0.225. The molecule has 0 saturated heterocycles. The van der Waals surface area contributed by atoms with Gasteiger partial charge in [-0.25, -0.2) is 0 Å². The van der Waals surface area contributed by atoms with Gasteiger partial charge in [0.2, 0.25) is 0 Å². The van der Waals surface area contributed by atoms with Crippen molar-refractivity contribution in [2.75, 3.05) is 0 Å². The first-order chi connectivity index (χ1) is 13.6. The molecule has 0 aliphatic heterocycles. The lowest BCUT2D eigenvalue weighted by Gasteiger charge is -2.34. The molecular formula is C26H30N2. The molecule has 1 fully saturated rings. The topological polar surface area (TPSA) is 25.2 Å². The molecule has 2 heteroatoms. The van der Waals surface area contributed by atoms with E-state index in [1.165, 1.54) is 47.8 Å². The van der Waals surface area contributed by atoms with Gasteiger partial charge in [0.1, 0.15) is 0 Å². The van der Waals surface area contributed by atoms with Gasteiger partial charge in [0.25, 0.3) is 0 Å². The molecule has 2 nitrogen and oxygen atoms in total. The standard InChI is InChI=1S/C26H30N2/c1-4-27-24-21(18-19-8-6-5-7-9-19)10-11-23-22(14-17-28-25(23)24)20-12-15-26(2,3)16-13-20/h4-11,14,17,20H,12-13,15-16,18H2,1-3H3/b27-4-. The fourth-order valence-corrected chi connectivity index (χ4v) is 4.56. The predicted molar refractivity (Wildman–Crippen MR) is 120 cm³/mol. The minimum absolute atomic E-state index is 0.486. The molecule has 3 aromatic rings. The third-order valence-electron chi connectivity index (χ3n) is 6.28. The van der Waals surface area contributed by atoms with Crippen molar-refractivity contribution >= 4 is 22.8 Å². The van der Waals surface area contributed by atoms with E-state index in [0.717, 1.165) is 17.6 Å². The second-order valence-corrected chi connectivity index (χ2v) is 8.86. The summed E-state index contributed by atoms with van der Waals surface area (Å²) in [6, 6.07) is 17.4. The average Bonchev–Trinajstić information content (AvgIpc) is 2.70. The van der Waals surface area contributed by atoms with Gasteiger partial charge >= 0.3 is 0 Å². The third kappa shape index (κ3) is 3.87. The van der Waals surface area contributed by atoms with E-state index in [9.17, 15) is 0 Å². The van der Waals surface area contributed by atoms with Gasteiger partial charge in [-0.05, 0) is 73.1 Å². The number of fused-ring (bicyclic) bond motifs is 1. The summed E-state index contributed by atoms with van der Waals surface area (Å²) in [7, 11) is 0. The molecule has 0 N–H and O–H groups in total. The number of benzene rings is 2. The van der Waals surface area contributed by atoms with E-state index in [2.05, 4.69) is 62.4 Å². The maximum absolute atomic E-state index is 4.77. The highest BCUT2D eigenvalue weighted by Crippen LogP contribution is 2.44. The van der Waals surface area contributed by atoms with Gasteiger partial charge in [0.05, 0.1) is 11.2 Å². The van der Waals surface area contributed by atoms with Gasteiger partial charge in [0, 0.05) is 17.8 Å². The molecule has 0 unspecified atom stereocenters. The highest BCUT2D eigenvalue weighted by atomic mass is 14.8. The zero-order valence-corrected chi connectivity index (χ0v) is 17.3. The van der Waals surface area contributed by atoms with Crippen LogP contribution in [0.3, 0.4) is 0 Å². The number of rotatable bonds is 4. The summed E-state index contributed by atoms with van der Waals surface area (Å²) in [5.41, 5.74) is 6.57. The van der Waals surface area contributed by atoms with Crippen molar-refractivity contribution in [3.8, 4) is 0 Å². The Hall–Kier alpha value is -2.48. The Bertz CT molecular complexity index is 976. The fraction of sp³-hybridized carbons (Fsp3) is 0.385. The molecule has 0 atom stereocenters. The van der Waals surface area contributed by atoms with E-state index in [1.807, 2.05) is 19.3 Å². The first kappa shape index (κ1) is 18.9. The smallest absolute Gasteiger partial charge is 0.0964 e. The normalized spacial score (nSPS) is 17.4. The summed E-state index contributed by atoms with van der Waals surface area (Å²) in [6.45, 7) is 6.79. The van der Waals surface area contributed by atoms with Crippen LogP contribution in [0.25, 0.3) is 10.9 Å². The summed E-state index contributed by atoms with van der Waals surface area (Å²) in [5.74, 6) is 0.636. The molecule has 28 heavy (non-hydrogen) atoms. The number of hydrogen-bond acceptors (Lipinski definition) is 2. The van der Waals surface area contributed by atoms with Crippen LogP contribution in [0.1, 0.15) is 69.1 Å². The monoisotopic (exact) mass is 370 g/mol. The van der Waals surface area contributed by atoms with Crippen LogP contribution >= 0.6 is 0 Å². The Morgan fingerprint density at radius 3 is 2.50 bits per heavy atom. The quantitative estimate of drug-likeness (QED) is 0.445. The molecule has 1 aliphatic rings. The van der Waals surface area contributed by atoms with Crippen LogP contribution in [0, 0.1) is 5.41 Å². The number of hydrogen-bond donors (Lipinski definition) is 0. The highest BCUT2D eigenvalue weighted by molar-refractivity contribution is 5.94. The molecular weight excluding hydrogens is 340 g/mol. The second kappa shape index (κ2) is 7.87. The van der Waals surface area contributed by atoms with E-state index in [-0.39, 0.29) is 0 Å². The fourth-order valence-electron chi connectivity index (χ4n) is 4.56. The summed E-state index contributed by atoms with van der Waals surface area (Å²) >= 11 is 0. The van der Waals surface area contributed by atoms with Gasteiger partial charge in [-0.2, -0.15) is 0 Å². The third-order valence-corrected chi connectivity index (χ3v) is 6.28. The Labute approximate surface area is 168 Å². The maximum Gasteiger partial charge on any atom is 0.0964 e. The molecule has 0 bridgehead atoms. The zero-order valence-electron chi connectivity index (χ0n) is 17.3. The lowest BCUT2D eigenvalue weighted by Crippen LogP contribution is -2.20. The average molecular weight is 371 g/mol. The second-order valence-electron chi connectivity index (χ2n) is 8.86. The van der Waals surface area contributed by atoms with Crippen molar-refractivity contribution in [3.05, 3.63) is 71.4 Å². The summed E-state index contributed by atoms with van der Waals surface area (Å²) in [4.78, 5) is 9.53. The van der Waals surface area contributed by atoms with Gasteiger partial charge in [-0.15, -0.1) is 0 Å². The van der Waals surface area contributed by atoms with E-state index < -0.39 is 0 Å². The zero-order chi connectivity index (χ0) is 19.6. The van der Waals surface area contributed by atoms with Crippen LogP contribution in [0.5, 0.6) is 0 Å². The lowest BCUT2D eigenvalue weighted by atomic mass is 9.71. The highest BCUT2D eigenvalue weighted by Gasteiger charge is 2.28. The van der Waals surface area contributed by atoms with Crippen LogP contribution in [0.2, 0.25) is 0 Å². The van der Waals surface area contributed by atoms with Gasteiger partial charge in [-0.1, -0.05) is 56.3 Å². The largest absolute Gasteiger partial charge is 0.259 e. The van der Waals surface area contributed by atoms with E-state index in [4.69, 9.17) is 9.98 Å². The Morgan fingerprint density at radius 2 is 1.79 bits per heavy atom. The molecule has 2 aromatic carbocycles. The molecule has 1 saturated carbocycles. The molecule has 0 amide bonds. The van der Waals surface area contributed by atoms with Crippen molar-refractivity contribution < 1.29 is 0 Å². The number of pyridine rings is 1. The summed E-state index contributed by atoms with van der Waals surface area (Å²) in [5, 5.41) is 1.28. The maximum atomic E-state index is 4.77. The van der Waals surface area contributed by atoms with E-state index >= 15 is 0 Å². The predicted octanol–water partition coefficient (Wildman–Crippen LogP) is 7.23. The van der Waals surface area contributed by atoms with Crippen LogP contribution in [0.4, 0.5) is 5.69 Å². The molecule has 4 rings (SSSR count). The molecule has 144 valence electrons. The Kier molecular flexibility index (Phi) is 5.30. The van der Waals surface area contributed by atoms with Crippen molar-refractivity contribution in [3.63, 3.8) is 0 Å². The minimum atomic E-state index is 0.486. The van der Waals surface area contributed by atoms with E-state index in [0.29, 0.717) is 11.3 Å². The van der Waals surface area contributed by atoms with Crippen molar-refractivity contribution in [1.29, 1.82) is 0 Å². The Balaban J connectivity index is 1.76. The van der Waals surface area contributed by atoms with Crippen LogP contribution in [-0.4, -0.2) is 11.2 Å². The van der Waals surface area contributed by atoms with E-state index in [1.54, 1.807) is 0 Å². The SMILES string of the molecule is C/C=N\c1c(Cc2ccccc2)ccc2c(C3CCC(C)(C)CC3)ccnc12. The van der Waals surface area contributed by atoms with Crippen LogP contribution in [0.15, 0.2) is 59.7 Å². The minimum Gasteiger partial charge on any atom is -0.259 e. The van der Waals surface area contributed by atoms with Crippen molar-refractivity contribution in [2.24, 2.45) is 10.4 Å². The molecule has 1 heterocycles. The molecule has 1 aromatic heterocycles. The van der Waals surface area contributed by atoms with Crippen LogP contribution < -0.4 is 0 Å². The number of nitrogens with zero attached hydrogens (tertiary/aromatic N) is 2. The molecule has 0 spiro atoms. The first-order valence-corrected chi connectivity index (χ1v) is 10.5. The molecule has 1 aliphatic carbocycles. The van der Waals surface area contributed by atoms with Crippen LogP contribution in [-0.2, 0) is 6.42 Å². The summed E-state index contributed by atoms with van der Waals surface area (Å²) < 4.78 is 0. The Morgan fingerprint density at radius 1 is 1.04 bits per heavy atom. The number of aliphatic imine (C=N–C) groups is 1. The summed E-state index contributed by atoms with van der Waals surface area (Å²) in [6.07, 6.45) is 9.89. The van der Waals surface area contributed by atoms with Gasteiger partial charge in [0.15, 0.2) is 0 Å². The van der Waals surface area contributed by atoms with Crippen molar-refractivity contribution in [1.82, 2.24) is 4.98 Å². The van der Waals surface area contributed by atoms with Gasteiger partial charge < -0.3 is 0 Å². The number of aromatic nitrogens is 1.